The Morgan fingerprint density at radius 1 is 1.11 bits per heavy atom. The van der Waals surface area contributed by atoms with E-state index in [1.165, 1.54) is 6.07 Å². The molecule has 0 radical (unpaired) electrons. The van der Waals surface area contributed by atoms with E-state index in [1.807, 2.05) is 18.2 Å². The second-order valence-corrected chi connectivity index (χ2v) is 6.50. The van der Waals surface area contributed by atoms with Gasteiger partial charge < -0.3 is 15.1 Å². The van der Waals surface area contributed by atoms with Gasteiger partial charge in [0.05, 0.1) is 0 Å². The van der Waals surface area contributed by atoms with Crippen LogP contribution in [-0.2, 0) is 0 Å². The van der Waals surface area contributed by atoms with Crippen molar-refractivity contribution in [3.05, 3.63) is 71.5 Å². The van der Waals surface area contributed by atoms with E-state index in [2.05, 4.69) is 10.6 Å². The summed E-state index contributed by atoms with van der Waals surface area (Å²) in [6.45, 7) is 1.30. The van der Waals surface area contributed by atoms with Crippen LogP contribution in [0.1, 0.15) is 28.5 Å². The minimum atomic E-state index is -0.872. The lowest BCUT2D eigenvalue weighted by atomic mass is 9.86. The van der Waals surface area contributed by atoms with Gasteiger partial charge in [0.15, 0.2) is 17.4 Å². The average molecular weight is 393 g/mol. The number of para-hydroxylation sites is 1. The zero-order valence-electron chi connectivity index (χ0n) is 14.4. The number of hydrogen-bond donors (Lipinski definition) is 2. The molecule has 2 N–H and O–H groups in total. The predicted molar refractivity (Wildman–Crippen MR) is 101 cm³/mol. The number of rotatable bonds is 3. The molecule has 0 spiro atoms. The summed E-state index contributed by atoms with van der Waals surface area (Å²) in [6.07, 6.45) is 0.718. The first-order chi connectivity index (χ1) is 12.6. The number of piperidine rings is 1. The van der Waals surface area contributed by atoms with Gasteiger partial charge in [-0.05, 0) is 42.8 Å². The molecule has 1 amide bonds. The molecule has 2 aromatic carbocycles. The first-order valence-electron chi connectivity index (χ1n) is 8.57. The Bertz CT molecular complexity index is 927. The SMILES string of the molecule is Cl.O=C(NC1CNCCC1c1ccc(F)c(F)c1)c1cc2ccccc2o1. The molecule has 0 saturated carbocycles. The highest BCUT2D eigenvalue weighted by atomic mass is 35.5. The molecule has 1 aromatic heterocycles. The van der Waals surface area contributed by atoms with Crippen molar-refractivity contribution < 1.29 is 18.0 Å². The molecule has 2 atom stereocenters. The number of furan rings is 1. The number of carbonyl (C=O) groups is 1. The molecule has 2 unspecified atom stereocenters. The van der Waals surface area contributed by atoms with Gasteiger partial charge in [0.1, 0.15) is 5.58 Å². The van der Waals surface area contributed by atoms with E-state index in [4.69, 9.17) is 4.42 Å². The Balaban J connectivity index is 0.00000210. The first kappa shape index (κ1) is 19.3. The number of carbonyl (C=O) groups excluding carboxylic acids is 1. The second-order valence-electron chi connectivity index (χ2n) is 6.50. The largest absolute Gasteiger partial charge is 0.451 e. The molecule has 142 valence electrons. The highest BCUT2D eigenvalue weighted by molar-refractivity contribution is 5.96. The number of benzene rings is 2. The van der Waals surface area contributed by atoms with Gasteiger partial charge in [0.2, 0.25) is 0 Å². The fourth-order valence-electron chi connectivity index (χ4n) is 3.49. The van der Waals surface area contributed by atoms with E-state index in [1.54, 1.807) is 18.2 Å². The molecule has 1 fully saturated rings. The van der Waals surface area contributed by atoms with Gasteiger partial charge in [-0.2, -0.15) is 0 Å². The van der Waals surface area contributed by atoms with Crippen LogP contribution in [0.15, 0.2) is 52.9 Å². The summed E-state index contributed by atoms with van der Waals surface area (Å²) in [5.74, 6) is -1.92. The van der Waals surface area contributed by atoms with Crippen LogP contribution in [0.4, 0.5) is 8.78 Å². The molecule has 0 aliphatic carbocycles. The number of fused-ring (bicyclic) bond motifs is 1. The van der Waals surface area contributed by atoms with Gasteiger partial charge in [0.25, 0.3) is 5.91 Å². The van der Waals surface area contributed by atoms with Crippen molar-refractivity contribution in [3.63, 3.8) is 0 Å². The minimum absolute atomic E-state index is 0. The molecule has 1 aliphatic rings. The van der Waals surface area contributed by atoms with Crippen molar-refractivity contribution in [1.82, 2.24) is 10.6 Å². The highest BCUT2D eigenvalue weighted by Gasteiger charge is 2.29. The van der Waals surface area contributed by atoms with Crippen molar-refractivity contribution in [2.45, 2.75) is 18.4 Å². The summed E-state index contributed by atoms with van der Waals surface area (Å²) < 4.78 is 32.4. The molecule has 27 heavy (non-hydrogen) atoms. The van der Waals surface area contributed by atoms with E-state index in [0.29, 0.717) is 17.7 Å². The second kappa shape index (κ2) is 8.06. The number of amides is 1. The summed E-state index contributed by atoms with van der Waals surface area (Å²) in [6, 6.07) is 12.8. The van der Waals surface area contributed by atoms with Gasteiger partial charge in [-0.1, -0.05) is 24.3 Å². The highest BCUT2D eigenvalue weighted by Crippen LogP contribution is 2.27. The third kappa shape index (κ3) is 3.96. The van der Waals surface area contributed by atoms with Crippen molar-refractivity contribution in [1.29, 1.82) is 0 Å². The van der Waals surface area contributed by atoms with Gasteiger partial charge in [-0.25, -0.2) is 8.78 Å². The van der Waals surface area contributed by atoms with E-state index in [-0.39, 0.29) is 36.0 Å². The van der Waals surface area contributed by atoms with Crippen LogP contribution < -0.4 is 10.6 Å². The summed E-state index contributed by atoms with van der Waals surface area (Å²) in [4.78, 5) is 12.6. The van der Waals surface area contributed by atoms with Gasteiger partial charge in [0, 0.05) is 23.9 Å². The van der Waals surface area contributed by atoms with Crippen LogP contribution in [0.5, 0.6) is 0 Å². The Morgan fingerprint density at radius 2 is 1.93 bits per heavy atom. The molecule has 4 rings (SSSR count). The molecule has 4 nitrogen and oxygen atoms in total. The Kier molecular flexibility index (Phi) is 5.77. The quantitative estimate of drug-likeness (QED) is 0.708. The van der Waals surface area contributed by atoms with Gasteiger partial charge >= 0.3 is 0 Å². The Morgan fingerprint density at radius 3 is 2.70 bits per heavy atom. The van der Waals surface area contributed by atoms with Crippen molar-refractivity contribution in [3.8, 4) is 0 Å². The minimum Gasteiger partial charge on any atom is -0.451 e. The molecule has 1 aliphatic heterocycles. The topological polar surface area (TPSA) is 54.3 Å². The van der Waals surface area contributed by atoms with Crippen LogP contribution >= 0.6 is 12.4 Å². The fourth-order valence-corrected chi connectivity index (χ4v) is 3.49. The lowest BCUT2D eigenvalue weighted by Gasteiger charge is -2.33. The molecule has 2 heterocycles. The van der Waals surface area contributed by atoms with E-state index in [9.17, 15) is 13.6 Å². The van der Waals surface area contributed by atoms with Crippen LogP contribution in [0, 0.1) is 11.6 Å². The van der Waals surface area contributed by atoms with E-state index in [0.717, 1.165) is 24.4 Å². The number of hydrogen-bond acceptors (Lipinski definition) is 3. The van der Waals surface area contributed by atoms with E-state index >= 15 is 0 Å². The lowest BCUT2D eigenvalue weighted by molar-refractivity contribution is 0.0898. The molecule has 0 bridgehead atoms. The molecular formula is C20H19ClF2N2O2. The summed E-state index contributed by atoms with van der Waals surface area (Å²) in [5.41, 5.74) is 1.33. The molecular weight excluding hydrogens is 374 g/mol. The Hall–Kier alpha value is -2.44. The molecule has 1 saturated heterocycles. The van der Waals surface area contributed by atoms with Crippen molar-refractivity contribution in [2.24, 2.45) is 0 Å². The third-order valence-corrected chi connectivity index (χ3v) is 4.82. The van der Waals surface area contributed by atoms with Crippen molar-refractivity contribution in [2.75, 3.05) is 13.1 Å². The maximum Gasteiger partial charge on any atom is 0.287 e. The number of halogens is 3. The fraction of sp³-hybridized carbons (Fsp3) is 0.250. The molecule has 3 aromatic rings. The maximum atomic E-state index is 13.6. The lowest BCUT2D eigenvalue weighted by Crippen LogP contribution is -2.50. The Labute approximate surface area is 161 Å². The average Bonchev–Trinajstić information content (AvgIpc) is 3.09. The summed E-state index contributed by atoms with van der Waals surface area (Å²) in [7, 11) is 0. The number of nitrogens with one attached hydrogen (secondary N) is 2. The summed E-state index contributed by atoms with van der Waals surface area (Å²) in [5, 5.41) is 7.06. The summed E-state index contributed by atoms with van der Waals surface area (Å²) >= 11 is 0. The monoisotopic (exact) mass is 392 g/mol. The van der Waals surface area contributed by atoms with Crippen LogP contribution in [0.3, 0.4) is 0 Å². The normalized spacial score (nSPS) is 19.5. The molecule has 7 heteroatoms. The standard InChI is InChI=1S/C20H18F2N2O2.ClH/c21-15-6-5-12(9-16(15)22)14-7-8-23-11-17(14)24-20(25)19-10-13-3-1-2-4-18(13)26-19;/h1-6,9-10,14,17,23H,7-8,11H2,(H,24,25);1H. The first-order valence-corrected chi connectivity index (χ1v) is 8.57. The van der Waals surface area contributed by atoms with E-state index < -0.39 is 11.6 Å². The zero-order chi connectivity index (χ0) is 18.1. The van der Waals surface area contributed by atoms with Gasteiger partial charge in [-0.3, -0.25) is 4.79 Å². The van der Waals surface area contributed by atoms with Gasteiger partial charge in [-0.15, -0.1) is 12.4 Å². The zero-order valence-corrected chi connectivity index (χ0v) is 15.2. The van der Waals surface area contributed by atoms with Crippen LogP contribution in [-0.4, -0.2) is 25.0 Å². The maximum absolute atomic E-state index is 13.6. The van der Waals surface area contributed by atoms with Crippen LogP contribution in [0.2, 0.25) is 0 Å². The van der Waals surface area contributed by atoms with Crippen molar-refractivity contribution >= 4 is 29.3 Å². The smallest absolute Gasteiger partial charge is 0.287 e. The van der Waals surface area contributed by atoms with Crippen LogP contribution in [0.25, 0.3) is 11.0 Å². The third-order valence-electron chi connectivity index (χ3n) is 4.82. The predicted octanol–water partition coefficient (Wildman–Crippen LogP) is 4.01.